The number of aryl methyl sites for hydroxylation is 1. The summed E-state index contributed by atoms with van der Waals surface area (Å²) < 4.78 is 43.4. The Morgan fingerprint density at radius 1 is 0.976 bits per heavy atom. The van der Waals surface area contributed by atoms with Crippen LogP contribution in [0.4, 0.5) is 35.3 Å². The molecule has 0 spiro atoms. The summed E-state index contributed by atoms with van der Waals surface area (Å²) in [5, 5.41) is 12.4. The third-order valence-corrected chi connectivity index (χ3v) is 7.06. The number of alkyl halides is 3. The van der Waals surface area contributed by atoms with Crippen molar-refractivity contribution < 1.29 is 18.0 Å². The highest BCUT2D eigenvalue weighted by atomic mass is 19.4. The number of urea groups is 1. The summed E-state index contributed by atoms with van der Waals surface area (Å²) in [5.41, 5.74) is 2.93. The third-order valence-electron chi connectivity index (χ3n) is 7.06. The van der Waals surface area contributed by atoms with Gasteiger partial charge < -0.3 is 20.9 Å². The number of benzene rings is 2. The monoisotopic (exact) mass is 576 g/mol. The largest absolute Gasteiger partial charge is 0.416 e. The van der Waals surface area contributed by atoms with Crippen molar-refractivity contribution in [2.45, 2.75) is 19.6 Å². The van der Waals surface area contributed by atoms with Gasteiger partial charge in [0, 0.05) is 68.5 Å². The number of aromatic nitrogens is 3. The fraction of sp³-hybridized carbons (Fsp3) is 0.300. The Morgan fingerprint density at radius 2 is 1.69 bits per heavy atom. The molecular formula is C30H31F3N8O. The second kappa shape index (κ2) is 12.1. The molecule has 0 bridgehead atoms. The average molecular weight is 577 g/mol. The maximum Gasteiger partial charge on any atom is 0.416 e. The Bertz CT molecular complexity index is 1660. The van der Waals surface area contributed by atoms with Crippen LogP contribution in [0, 0.1) is 18.8 Å². The SMILES string of the molecule is CNc1nc2cc(C#Cc3cc(NC(=O)Nc4ccc(CN5CCN(C)CC5)c(C(F)(F)F)c4)ccc3C)ccn2n1. The normalized spacial score (nSPS) is 14.3. The topological polar surface area (TPSA) is 89.8 Å². The van der Waals surface area contributed by atoms with Crippen molar-refractivity contribution in [1.29, 1.82) is 0 Å². The summed E-state index contributed by atoms with van der Waals surface area (Å²) in [7, 11) is 3.74. The molecule has 2 aromatic carbocycles. The van der Waals surface area contributed by atoms with Crippen molar-refractivity contribution >= 4 is 29.0 Å². The molecule has 1 fully saturated rings. The van der Waals surface area contributed by atoms with Gasteiger partial charge >= 0.3 is 12.2 Å². The second-order valence-electron chi connectivity index (χ2n) is 10.2. The lowest BCUT2D eigenvalue weighted by Gasteiger charge is -2.33. The quantitative estimate of drug-likeness (QED) is 0.293. The molecule has 3 N–H and O–H groups in total. The molecule has 2 amide bonds. The molecule has 4 aromatic rings. The van der Waals surface area contributed by atoms with Gasteiger partial charge in [0.15, 0.2) is 5.65 Å². The maximum absolute atomic E-state index is 13.9. The number of hydrogen-bond donors (Lipinski definition) is 3. The van der Waals surface area contributed by atoms with Gasteiger partial charge in [0.1, 0.15) is 0 Å². The predicted octanol–water partition coefficient (Wildman–Crippen LogP) is 4.89. The van der Waals surface area contributed by atoms with Gasteiger partial charge in [-0.05, 0) is 61.5 Å². The molecular weight excluding hydrogens is 545 g/mol. The number of halogens is 3. The van der Waals surface area contributed by atoms with Crippen molar-refractivity contribution in [3.63, 3.8) is 0 Å². The minimum Gasteiger partial charge on any atom is -0.356 e. The number of amides is 2. The van der Waals surface area contributed by atoms with Crippen molar-refractivity contribution in [3.05, 3.63) is 82.5 Å². The molecule has 0 saturated carbocycles. The van der Waals surface area contributed by atoms with Crippen LogP contribution in [-0.2, 0) is 12.7 Å². The van der Waals surface area contributed by atoms with Crippen molar-refractivity contribution in [3.8, 4) is 11.8 Å². The van der Waals surface area contributed by atoms with Gasteiger partial charge in [-0.3, -0.25) is 4.90 Å². The molecule has 218 valence electrons. The van der Waals surface area contributed by atoms with E-state index in [0.717, 1.165) is 30.3 Å². The third kappa shape index (κ3) is 6.99. The number of carbonyl (C=O) groups excluding carboxylic acids is 1. The van der Waals surface area contributed by atoms with E-state index in [0.29, 0.717) is 35.9 Å². The molecule has 2 aromatic heterocycles. The van der Waals surface area contributed by atoms with Crippen molar-refractivity contribution in [2.24, 2.45) is 0 Å². The van der Waals surface area contributed by atoms with E-state index in [1.807, 2.05) is 37.1 Å². The zero-order valence-electron chi connectivity index (χ0n) is 23.5. The number of fused-ring (bicyclic) bond motifs is 1. The van der Waals surface area contributed by atoms with Crippen LogP contribution in [0.15, 0.2) is 54.7 Å². The molecule has 0 unspecified atom stereocenters. The summed E-state index contributed by atoms with van der Waals surface area (Å²) in [4.78, 5) is 21.2. The van der Waals surface area contributed by atoms with Gasteiger partial charge in [-0.2, -0.15) is 18.2 Å². The average Bonchev–Trinajstić information content (AvgIpc) is 3.37. The Labute approximate surface area is 241 Å². The van der Waals surface area contributed by atoms with E-state index in [4.69, 9.17) is 0 Å². The summed E-state index contributed by atoms with van der Waals surface area (Å²) in [6.45, 7) is 5.12. The van der Waals surface area contributed by atoms with E-state index in [9.17, 15) is 18.0 Å². The van der Waals surface area contributed by atoms with Gasteiger partial charge in [0.05, 0.1) is 5.56 Å². The first kappa shape index (κ1) is 28.9. The molecule has 3 heterocycles. The number of nitrogens with one attached hydrogen (secondary N) is 3. The van der Waals surface area contributed by atoms with Crippen molar-refractivity contribution in [1.82, 2.24) is 24.4 Å². The Kier molecular flexibility index (Phi) is 8.33. The Balaban J connectivity index is 1.27. The van der Waals surface area contributed by atoms with E-state index >= 15 is 0 Å². The van der Waals surface area contributed by atoms with E-state index in [1.54, 1.807) is 29.9 Å². The van der Waals surface area contributed by atoms with E-state index in [-0.39, 0.29) is 17.8 Å². The zero-order valence-corrected chi connectivity index (χ0v) is 23.5. The first-order chi connectivity index (χ1) is 20.1. The van der Waals surface area contributed by atoms with Gasteiger partial charge in [0.25, 0.3) is 0 Å². The van der Waals surface area contributed by atoms with E-state index < -0.39 is 17.8 Å². The summed E-state index contributed by atoms with van der Waals surface area (Å²) >= 11 is 0. The lowest BCUT2D eigenvalue weighted by Crippen LogP contribution is -2.44. The molecule has 5 rings (SSSR count). The summed E-state index contributed by atoms with van der Waals surface area (Å²) in [6, 6.07) is 12.2. The fourth-order valence-electron chi connectivity index (χ4n) is 4.64. The second-order valence-corrected chi connectivity index (χ2v) is 10.2. The molecule has 0 aliphatic carbocycles. The smallest absolute Gasteiger partial charge is 0.356 e. The molecule has 0 atom stereocenters. The number of carbonyl (C=O) groups is 1. The van der Waals surface area contributed by atoms with Crippen LogP contribution in [-0.4, -0.2) is 70.7 Å². The number of hydrogen-bond acceptors (Lipinski definition) is 6. The minimum atomic E-state index is -4.55. The first-order valence-electron chi connectivity index (χ1n) is 13.4. The molecule has 0 radical (unpaired) electrons. The fourth-order valence-corrected chi connectivity index (χ4v) is 4.64. The molecule has 1 aliphatic heterocycles. The van der Waals surface area contributed by atoms with E-state index in [1.165, 1.54) is 12.1 Å². The predicted molar refractivity (Wildman–Crippen MR) is 157 cm³/mol. The van der Waals surface area contributed by atoms with Crippen molar-refractivity contribution in [2.75, 3.05) is 56.2 Å². The number of pyridine rings is 1. The van der Waals surface area contributed by atoms with Crippen LogP contribution < -0.4 is 16.0 Å². The number of piperazine rings is 1. The first-order valence-corrected chi connectivity index (χ1v) is 13.4. The molecule has 9 nitrogen and oxygen atoms in total. The minimum absolute atomic E-state index is 0.0550. The molecule has 12 heteroatoms. The lowest BCUT2D eigenvalue weighted by molar-refractivity contribution is -0.138. The number of anilines is 3. The number of likely N-dealkylation sites (N-methyl/N-ethyl adjacent to an activating group) is 1. The standard InChI is InChI=1S/C30H31F3N8O/c1-20-4-8-24(17-22(20)6-5-21-10-11-41-27(16-21)37-28(34-2)38-41)35-29(42)36-25-9-7-23(26(18-25)30(31,32)33)19-40-14-12-39(3)13-15-40/h4,7-11,16-18H,12-15,19H2,1-3H3,(H,34,38)(H2,35,36,42). The molecule has 1 saturated heterocycles. The van der Waals surface area contributed by atoms with Gasteiger partial charge in [-0.25, -0.2) is 9.31 Å². The summed E-state index contributed by atoms with van der Waals surface area (Å²) in [5.74, 6) is 6.73. The highest BCUT2D eigenvalue weighted by Crippen LogP contribution is 2.34. The Hall–Kier alpha value is -4.60. The lowest BCUT2D eigenvalue weighted by atomic mass is 10.0. The Morgan fingerprint density at radius 3 is 2.40 bits per heavy atom. The number of nitrogens with zero attached hydrogens (tertiary/aromatic N) is 5. The maximum atomic E-state index is 13.9. The highest BCUT2D eigenvalue weighted by Gasteiger charge is 2.34. The van der Waals surface area contributed by atoms with Crippen LogP contribution in [0.2, 0.25) is 0 Å². The van der Waals surface area contributed by atoms with Crippen LogP contribution in [0.5, 0.6) is 0 Å². The van der Waals surface area contributed by atoms with E-state index in [2.05, 4.69) is 42.8 Å². The number of rotatable bonds is 5. The summed E-state index contributed by atoms with van der Waals surface area (Å²) in [6.07, 6.45) is -2.78. The molecule has 42 heavy (non-hydrogen) atoms. The highest BCUT2D eigenvalue weighted by molar-refractivity contribution is 6.00. The van der Waals surface area contributed by atoms with Crippen LogP contribution in [0.1, 0.15) is 27.8 Å². The van der Waals surface area contributed by atoms with Gasteiger partial charge in [-0.15, -0.1) is 5.10 Å². The van der Waals surface area contributed by atoms with Crippen LogP contribution >= 0.6 is 0 Å². The van der Waals surface area contributed by atoms with Gasteiger partial charge in [0.2, 0.25) is 5.95 Å². The van der Waals surface area contributed by atoms with Crippen LogP contribution in [0.3, 0.4) is 0 Å². The molecule has 1 aliphatic rings. The van der Waals surface area contributed by atoms with Crippen LogP contribution in [0.25, 0.3) is 5.65 Å². The van der Waals surface area contributed by atoms with Gasteiger partial charge in [-0.1, -0.05) is 24.0 Å². The zero-order chi connectivity index (χ0) is 29.9.